The largest absolute Gasteiger partial charge is 0.454 e. The molecule has 0 saturated carbocycles. The van der Waals surface area contributed by atoms with Gasteiger partial charge in [0.05, 0.1) is 18.8 Å². The molecule has 0 rings (SSSR count). The maximum atomic E-state index is 11.8. The molecule has 0 heterocycles. The molecule has 0 radical (unpaired) electrons. The quantitative estimate of drug-likeness (QED) is 0.533. The molecule has 21 heavy (non-hydrogen) atoms. The summed E-state index contributed by atoms with van der Waals surface area (Å²) in [5.41, 5.74) is -0.131. The third kappa shape index (κ3) is 11.9. The van der Waals surface area contributed by atoms with Crippen molar-refractivity contribution in [3.05, 3.63) is 12.2 Å². The Labute approximate surface area is 121 Å². The molecule has 0 amide bonds. The van der Waals surface area contributed by atoms with Gasteiger partial charge in [0.2, 0.25) is 0 Å². The van der Waals surface area contributed by atoms with Gasteiger partial charge in [0.15, 0.2) is 13.2 Å². The number of alkyl halides is 3. The molecule has 122 valence electrons. The molecule has 0 aromatic carbocycles. The van der Waals surface area contributed by atoms with Crippen LogP contribution in [0, 0.1) is 5.41 Å². The summed E-state index contributed by atoms with van der Waals surface area (Å²) < 4.78 is 48.8. The molecule has 0 atom stereocenters. The molecule has 0 aliphatic rings. The van der Waals surface area contributed by atoms with E-state index in [-0.39, 0.29) is 17.6 Å². The molecule has 0 spiro atoms. The van der Waals surface area contributed by atoms with E-state index in [1.165, 1.54) is 0 Å². The molecule has 0 aromatic rings. The summed E-state index contributed by atoms with van der Waals surface area (Å²) in [7, 11) is 0. The highest BCUT2D eigenvalue weighted by molar-refractivity contribution is 5.89. The molecule has 0 unspecified atom stereocenters. The van der Waals surface area contributed by atoms with Gasteiger partial charge in [-0.05, 0) is 5.41 Å². The predicted molar refractivity (Wildman–Crippen MR) is 67.4 cm³/mol. The standard InChI is InChI=1S/C13H19F3O5/c1-9(5-19-7-12(2,3)4)11(18)20-6-10(17)21-8-13(14,15)16/h1,5-8H2,2-4H3. The van der Waals surface area contributed by atoms with Crippen LogP contribution in [0.3, 0.4) is 0 Å². The van der Waals surface area contributed by atoms with Crippen LogP contribution in [0.5, 0.6) is 0 Å². The Morgan fingerprint density at radius 1 is 1.00 bits per heavy atom. The number of carbonyl (C=O) groups is 2. The monoisotopic (exact) mass is 312 g/mol. The Morgan fingerprint density at radius 3 is 2.05 bits per heavy atom. The summed E-state index contributed by atoms with van der Waals surface area (Å²) in [5, 5.41) is 0. The van der Waals surface area contributed by atoms with Gasteiger partial charge in [0, 0.05) is 0 Å². The lowest BCUT2D eigenvalue weighted by Crippen LogP contribution is -2.24. The second kappa shape index (κ2) is 8.02. The van der Waals surface area contributed by atoms with Crippen LogP contribution in [0.25, 0.3) is 0 Å². The second-order valence-corrected chi connectivity index (χ2v) is 5.51. The Morgan fingerprint density at radius 2 is 1.57 bits per heavy atom. The fourth-order valence-corrected chi connectivity index (χ4v) is 0.970. The molecule has 0 aliphatic heterocycles. The summed E-state index contributed by atoms with van der Waals surface area (Å²) >= 11 is 0. The van der Waals surface area contributed by atoms with Crippen molar-refractivity contribution in [3.8, 4) is 0 Å². The third-order valence-electron chi connectivity index (χ3n) is 1.82. The molecule has 0 bridgehead atoms. The zero-order chi connectivity index (χ0) is 16.7. The molecular weight excluding hydrogens is 293 g/mol. The summed E-state index contributed by atoms with van der Waals surface area (Å²) in [6.45, 7) is 6.87. The van der Waals surface area contributed by atoms with Crippen LogP contribution in [0.15, 0.2) is 12.2 Å². The molecule has 5 nitrogen and oxygen atoms in total. The fraction of sp³-hybridized carbons (Fsp3) is 0.692. The summed E-state index contributed by atoms with van der Waals surface area (Å²) in [4.78, 5) is 22.3. The van der Waals surface area contributed by atoms with Crippen molar-refractivity contribution in [1.29, 1.82) is 0 Å². The summed E-state index contributed by atoms with van der Waals surface area (Å²) in [6.07, 6.45) is -4.62. The highest BCUT2D eigenvalue weighted by Gasteiger charge is 2.29. The normalized spacial score (nSPS) is 11.9. The van der Waals surface area contributed by atoms with E-state index < -0.39 is 31.3 Å². The average Bonchev–Trinajstić information content (AvgIpc) is 2.30. The van der Waals surface area contributed by atoms with E-state index in [9.17, 15) is 22.8 Å². The van der Waals surface area contributed by atoms with Crippen molar-refractivity contribution in [3.63, 3.8) is 0 Å². The number of carbonyl (C=O) groups excluding carboxylic acids is 2. The van der Waals surface area contributed by atoms with Gasteiger partial charge >= 0.3 is 18.1 Å². The first-order valence-electron chi connectivity index (χ1n) is 6.06. The van der Waals surface area contributed by atoms with Gasteiger partial charge in [0.25, 0.3) is 0 Å². The lowest BCUT2D eigenvalue weighted by atomic mass is 9.99. The maximum absolute atomic E-state index is 11.8. The van der Waals surface area contributed by atoms with Crippen molar-refractivity contribution < 1.29 is 37.0 Å². The van der Waals surface area contributed by atoms with E-state index in [4.69, 9.17) is 4.74 Å². The lowest BCUT2D eigenvalue weighted by molar-refractivity contribution is -0.189. The highest BCUT2D eigenvalue weighted by Crippen LogP contribution is 2.15. The molecule has 0 aliphatic carbocycles. The number of hydrogen-bond donors (Lipinski definition) is 0. The highest BCUT2D eigenvalue weighted by atomic mass is 19.4. The van der Waals surface area contributed by atoms with Crippen LogP contribution in [0.4, 0.5) is 13.2 Å². The van der Waals surface area contributed by atoms with E-state index in [1.807, 2.05) is 20.8 Å². The first kappa shape index (κ1) is 19.4. The van der Waals surface area contributed by atoms with Crippen LogP contribution in [0.1, 0.15) is 20.8 Å². The Hall–Kier alpha value is -1.57. The smallest absolute Gasteiger partial charge is 0.422 e. The van der Waals surface area contributed by atoms with Crippen LogP contribution in [-0.2, 0) is 23.8 Å². The van der Waals surface area contributed by atoms with Gasteiger partial charge in [-0.15, -0.1) is 0 Å². The number of hydrogen-bond acceptors (Lipinski definition) is 5. The Bertz CT molecular complexity index is 382. The van der Waals surface area contributed by atoms with Crippen LogP contribution in [-0.4, -0.2) is 44.5 Å². The molecule has 8 heteroatoms. The maximum Gasteiger partial charge on any atom is 0.422 e. The van der Waals surface area contributed by atoms with E-state index >= 15 is 0 Å². The third-order valence-corrected chi connectivity index (χ3v) is 1.82. The first-order chi connectivity index (χ1) is 9.41. The molecular formula is C13H19F3O5. The first-order valence-corrected chi connectivity index (χ1v) is 6.06. The average molecular weight is 312 g/mol. The SMILES string of the molecule is C=C(COCC(C)(C)C)C(=O)OCC(=O)OCC(F)(F)F. The van der Waals surface area contributed by atoms with Crippen LogP contribution in [0.2, 0.25) is 0 Å². The Balaban J connectivity index is 3.93. The molecule has 0 aromatic heterocycles. The van der Waals surface area contributed by atoms with Crippen LogP contribution < -0.4 is 0 Å². The van der Waals surface area contributed by atoms with Gasteiger partial charge < -0.3 is 14.2 Å². The van der Waals surface area contributed by atoms with Crippen molar-refractivity contribution in [2.24, 2.45) is 5.41 Å². The topological polar surface area (TPSA) is 61.8 Å². The van der Waals surface area contributed by atoms with E-state index in [2.05, 4.69) is 16.1 Å². The number of halogens is 3. The molecule has 0 N–H and O–H groups in total. The minimum Gasteiger partial charge on any atom is -0.454 e. The Kier molecular flexibility index (Phi) is 7.42. The van der Waals surface area contributed by atoms with Gasteiger partial charge in [-0.3, -0.25) is 0 Å². The summed E-state index contributed by atoms with van der Waals surface area (Å²) in [6, 6.07) is 0. The van der Waals surface area contributed by atoms with Crippen molar-refractivity contribution >= 4 is 11.9 Å². The lowest BCUT2D eigenvalue weighted by Gasteiger charge is -2.18. The van der Waals surface area contributed by atoms with Gasteiger partial charge in [-0.1, -0.05) is 27.4 Å². The van der Waals surface area contributed by atoms with E-state index in [1.54, 1.807) is 0 Å². The van der Waals surface area contributed by atoms with Crippen molar-refractivity contribution in [1.82, 2.24) is 0 Å². The van der Waals surface area contributed by atoms with E-state index in [0.717, 1.165) is 0 Å². The van der Waals surface area contributed by atoms with Crippen molar-refractivity contribution in [2.45, 2.75) is 26.9 Å². The number of ether oxygens (including phenoxy) is 3. The zero-order valence-corrected chi connectivity index (χ0v) is 12.2. The minimum absolute atomic E-state index is 0.0390. The predicted octanol–water partition coefficient (Wildman–Crippen LogP) is 2.25. The minimum atomic E-state index is -4.62. The number of esters is 2. The second-order valence-electron chi connectivity index (χ2n) is 5.51. The van der Waals surface area contributed by atoms with Crippen molar-refractivity contribution in [2.75, 3.05) is 26.4 Å². The van der Waals surface area contributed by atoms with Gasteiger partial charge in [-0.25, -0.2) is 9.59 Å². The van der Waals surface area contributed by atoms with Crippen LogP contribution >= 0.6 is 0 Å². The van der Waals surface area contributed by atoms with Gasteiger partial charge in [-0.2, -0.15) is 13.2 Å². The molecule has 0 saturated heterocycles. The zero-order valence-electron chi connectivity index (χ0n) is 12.2. The fourth-order valence-electron chi connectivity index (χ4n) is 0.970. The van der Waals surface area contributed by atoms with Gasteiger partial charge in [0.1, 0.15) is 0 Å². The number of rotatable bonds is 7. The summed E-state index contributed by atoms with van der Waals surface area (Å²) in [5.74, 6) is -2.21. The molecule has 0 fully saturated rings. The van der Waals surface area contributed by atoms with E-state index in [0.29, 0.717) is 6.61 Å².